The van der Waals surface area contributed by atoms with E-state index in [9.17, 15) is 14.4 Å². The number of carbonyl (C=O) groups excluding carboxylic acids is 3. The first-order valence-corrected chi connectivity index (χ1v) is 26.4. The van der Waals surface area contributed by atoms with Crippen LogP contribution in [0.4, 0.5) is 0 Å². The molecule has 6 nitrogen and oxygen atoms in total. The molecule has 1 unspecified atom stereocenters. The minimum atomic E-state index is -0.801. The maximum Gasteiger partial charge on any atom is 0.306 e. The van der Waals surface area contributed by atoms with Crippen LogP contribution in [-0.2, 0) is 28.6 Å². The molecule has 0 N–H and O–H groups in total. The summed E-state index contributed by atoms with van der Waals surface area (Å²) in [4.78, 5) is 37.9. The molecule has 0 saturated carbocycles. The third-order valence-corrected chi connectivity index (χ3v) is 11.2. The van der Waals surface area contributed by atoms with Crippen molar-refractivity contribution >= 4 is 17.9 Å². The number of allylic oxidation sites excluding steroid dienone is 12. The van der Waals surface area contributed by atoms with Gasteiger partial charge in [0.25, 0.3) is 0 Å². The zero-order valence-electron chi connectivity index (χ0n) is 41.3. The molecule has 0 aromatic carbocycles. The van der Waals surface area contributed by atoms with Gasteiger partial charge in [-0.2, -0.15) is 0 Å². The van der Waals surface area contributed by atoms with E-state index in [1.165, 1.54) is 128 Å². The van der Waals surface area contributed by atoms with Crippen molar-refractivity contribution in [1.82, 2.24) is 0 Å². The average molecular weight is 879 g/mol. The number of hydrogen-bond donors (Lipinski definition) is 0. The molecule has 0 aromatic rings. The molecule has 0 aliphatic carbocycles. The van der Waals surface area contributed by atoms with Crippen LogP contribution in [0.25, 0.3) is 0 Å². The molecule has 0 rings (SSSR count). The Kier molecular flexibility index (Phi) is 48.9. The largest absolute Gasteiger partial charge is 0.462 e. The van der Waals surface area contributed by atoms with Gasteiger partial charge in [0.15, 0.2) is 6.10 Å². The van der Waals surface area contributed by atoms with Crippen molar-refractivity contribution in [3.8, 4) is 0 Å². The van der Waals surface area contributed by atoms with Crippen molar-refractivity contribution in [2.45, 2.75) is 258 Å². The first kappa shape index (κ1) is 59.9. The number of hydrogen-bond acceptors (Lipinski definition) is 6. The van der Waals surface area contributed by atoms with Crippen molar-refractivity contribution in [2.24, 2.45) is 0 Å². The molecule has 0 fully saturated rings. The minimum absolute atomic E-state index is 0.0952. The Bertz CT molecular complexity index is 1190. The van der Waals surface area contributed by atoms with Gasteiger partial charge in [0.1, 0.15) is 13.2 Å². The van der Waals surface area contributed by atoms with E-state index in [-0.39, 0.29) is 37.5 Å². The molecule has 0 aliphatic rings. The van der Waals surface area contributed by atoms with Gasteiger partial charge in [0.2, 0.25) is 0 Å². The summed E-state index contributed by atoms with van der Waals surface area (Å²) in [6.45, 7) is 6.47. The predicted molar refractivity (Wildman–Crippen MR) is 270 cm³/mol. The second-order valence-electron chi connectivity index (χ2n) is 17.4. The van der Waals surface area contributed by atoms with E-state index in [0.29, 0.717) is 19.3 Å². The first-order valence-electron chi connectivity index (χ1n) is 26.4. The van der Waals surface area contributed by atoms with Crippen LogP contribution < -0.4 is 0 Å². The molecule has 0 saturated heterocycles. The Morgan fingerprint density at radius 3 is 0.968 bits per heavy atom. The van der Waals surface area contributed by atoms with Crippen LogP contribution >= 0.6 is 0 Å². The second kappa shape index (κ2) is 51.5. The van der Waals surface area contributed by atoms with Gasteiger partial charge in [-0.25, -0.2) is 0 Å². The zero-order chi connectivity index (χ0) is 45.8. The van der Waals surface area contributed by atoms with Gasteiger partial charge in [-0.15, -0.1) is 0 Å². The van der Waals surface area contributed by atoms with Gasteiger partial charge in [-0.1, -0.05) is 248 Å². The first-order chi connectivity index (χ1) is 31.0. The summed E-state index contributed by atoms with van der Waals surface area (Å²) >= 11 is 0. The molecule has 0 radical (unpaired) electrons. The zero-order valence-corrected chi connectivity index (χ0v) is 41.3. The average Bonchev–Trinajstić information content (AvgIpc) is 3.28. The highest BCUT2D eigenvalue weighted by atomic mass is 16.6. The van der Waals surface area contributed by atoms with Gasteiger partial charge in [0, 0.05) is 19.3 Å². The quantitative estimate of drug-likeness (QED) is 0.0262. The van der Waals surface area contributed by atoms with E-state index in [1.54, 1.807) is 0 Å². The molecule has 1 atom stereocenters. The van der Waals surface area contributed by atoms with Crippen LogP contribution in [-0.4, -0.2) is 37.2 Å². The molecule has 0 amide bonds. The fourth-order valence-corrected chi connectivity index (χ4v) is 7.29. The summed E-state index contributed by atoms with van der Waals surface area (Å²) in [5.74, 6) is -0.977. The number of unbranched alkanes of at least 4 members (excludes halogenated alkanes) is 24. The third kappa shape index (κ3) is 49.7. The predicted octanol–water partition coefficient (Wildman–Crippen LogP) is 17.4. The molecular weight excluding hydrogens is 781 g/mol. The fraction of sp³-hybridized carbons (Fsp3) is 0.737. The fourth-order valence-electron chi connectivity index (χ4n) is 7.29. The number of carbonyl (C=O) groups is 3. The van der Waals surface area contributed by atoms with Crippen LogP contribution in [0.5, 0.6) is 0 Å². The molecule has 0 bridgehead atoms. The smallest absolute Gasteiger partial charge is 0.306 e. The standard InChI is InChI=1S/C57H98O6/c1-4-7-10-13-16-19-22-25-26-27-28-29-30-33-35-38-41-44-47-50-56(59)62-53-54(63-57(60)51-48-45-42-39-36-32-24-21-18-15-12-9-6-3)52-61-55(58)49-46-43-40-37-34-31-23-20-17-14-11-8-5-2/h7,10,16,19,25-26,28-29,33,35,41,44,54H,4-6,8-9,11-15,17-18,20-24,27,30-32,34,36-40,42-43,45-53H2,1-3H3/b10-7+,19-16+,26-25+,29-28+,35-33+,44-41+. The van der Waals surface area contributed by atoms with Crippen LogP contribution in [0.1, 0.15) is 252 Å². The molecule has 0 heterocycles. The SMILES string of the molecule is CC/C=C/C/C=C/C/C=C/C/C=C/C/C=C/C/C=C/CCC(=O)OCC(COC(=O)CCCCCCCCCCCCCCC)OC(=O)CCCCCCCCCCCCCCC. The van der Waals surface area contributed by atoms with Gasteiger partial charge in [-0.3, -0.25) is 14.4 Å². The summed E-state index contributed by atoms with van der Waals surface area (Å²) < 4.78 is 16.7. The number of rotatable bonds is 47. The molecule has 0 aliphatic heterocycles. The maximum absolute atomic E-state index is 12.8. The van der Waals surface area contributed by atoms with Gasteiger partial charge >= 0.3 is 17.9 Å². The van der Waals surface area contributed by atoms with Crippen LogP contribution in [0, 0.1) is 0 Å². The van der Waals surface area contributed by atoms with Crippen LogP contribution in [0.3, 0.4) is 0 Å². The van der Waals surface area contributed by atoms with E-state index in [1.807, 2.05) is 6.08 Å². The highest BCUT2D eigenvalue weighted by Gasteiger charge is 2.19. The molecule has 63 heavy (non-hydrogen) atoms. The molecule has 362 valence electrons. The lowest BCUT2D eigenvalue weighted by molar-refractivity contribution is -0.166. The topological polar surface area (TPSA) is 78.9 Å². The lowest BCUT2D eigenvalue weighted by Gasteiger charge is -2.18. The van der Waals surface area contributed by atoms with E-state index in [2.05, 4.69) is 87.6 Å². The number of ether oxygens (including phenoxy) is 3. The van der Waals surface area contributed by atoms with Gasteiger partial charge in [0.05, 0.1) is 0 Å². The van der Waals surface area contributed by atoms with E-state index < -0.39 is 6.10 Å². The molecular formula is C57H98O6. The summed E-state index contributed by atoms with van der Waals surface area (Å²) in [5, 5.41) is 0. The van der Waals surface area contributed by atoms with Crippen LogP contribution in [0.15, 0.2) is 72.9 Å². The van der Waals surface area contributed by atoms with Crippen molar-refractivity contribution in [3.05, 3.63) is 72.9 Å². The van der Waals surface area contributed by atoms with Crippen LogP contribution in [0.2, 0.25) is 0 Å². The highest BCUT2D eigenvalue weighted by molar-refractivity contribution is 5.71. The third-order valence-electron chi connectivity index (χ3n) is 11.2. The summed E-state index contributed by atoms with van der Waals surface area (Å²) in [5.41, 5.74) is 0. The van der Waals surface area contributed by atoms with Crippen molar-refractivity contribution in [3.63, 3.8) is 0 Å². The Morgan fingerprint density at radius 1 is 0.333 bits per heavy atom. The van der Waals surface area contributed by atoms with E-state index in [4.69, 9.17) is 14.2 Å². The Hall–Kier alpha value is -3.15. The molecule has 6 heteroatoms. The highest BCUT2D eigenvalue weighted by Crippen LogP contribution is 2.15. The minimum Gasteiger partial charge on any atom is -0.462 e. The maximum atomic E-state index is 12.8. The summed E-state index contributed by atoms with van der Waals surface area (Å²) in [7, 11) is 0. The monoisotopic (exact) mass is 879 g/mol. The summed E-state index contributed by atoms with van der Waals surface area (Å²) in [6, 6.07) is 0. The van der Waals surface area contributed by atoms with Gasteiger partial charge in [-0.05, 0) is 57.8 Å². The normalized spacial score (nSPS) is 12.6. The van der Waals surface area contributed by atoms with E-state index >= 15 is 0 Å². The molecule has 0 aromatic heterocycles. The Morgan fingerprint density at radius 2 is 0.619 bits per heavy atom. The Labute approximate surface area is 389 Å². The lowest BCUT2D eigenvalue weighted by Crippen LogP contribution is -2.30. The van der Waals surface area contributed by atoms with Crippen molar-refractivity contribution in [2.75, 3.05) is 13.2 Å². The molecule has 0 spiro atoms. The number of esters is 3. The van der Waals surface area contributed by atoms with Crippen molar-refractivity contribution < 1.29 is 28.6 Å². The summed E-state index contributed by atoms with van der Waals surface area (Å²) in [6.07, 6.45) is 64.7. The van der Waals surface area contributed by atoms with Gasteiger partial charge < -0.3 is 14.2 Å². The second-order valence-corrected chi connectivity index (χ2v) is 17.4. The lowest BCUT2D eigenvalue weighted by atomic mass is 10.0. The van der Waals surface area contributed by atoms with Crippen molar-refractivity contribution in [1.29, 1.82) is 0 Å². The van der Waals surface area contributed by atoms with E-state index in [0.717, 1.165) is 77.0 Å². The Balaban J connectivity index is 4.47.